The standard InChI is InChI=1S/C17H20F2N2O2/c1-11-2-3-12(16(22)20-6-4-13(18)9-20)8-15(11)17(23)21-7-5-14(19)10-21/h2-3,8,13-14H,4-7,9-10H2,1H3/t13-,14-/m0/s1. The van der Waals surface area contributed by atoms with Crippen LogP contribution in [0.3, 0.4) is 0 Å². The molecule has 3 rings (SSSR count). The number of aryl methyl sites for hydroxylation is 1. The second-order valence-corrected chi connectivity index (χ2v) is 6.30. The number of nitrogens with zero attached hydrogens (tertiary/aromatic N) is 2. The zero-order valence-electron chi connectivity index (χ0n) is 13.1. The number of carbonyl (C=O) groups is 2. The van der Waals surface area contributed by atoms with Crippen LogP contribution in [-0.4, -0.2) is 60.1 Å². The molecule has 0 spiro atoms. The topological polar surface area (TPSA) is 40.6 Å². The predicted octanol–water partition coefficient (Wildman–Crippen LogP) is 2.36. The molecule has 2 atom stereocenters. The van der Waals surface area contributed by atoms with Crippen LogP contribution in [0, 0.1) is 6.92 Å². The average molecular weight is 322 g/mol. The lowest BCUT2D eigenvalue weighted by Gasteiger charge is -2.19. The lowest BCUT2D eigenvalue weighted by molar-refractivity contribution is 0.0780. The molecule has 2 heterocycles. The molecule has 0 radical (unpaired) electrons. The first-order chi connectivity index (χ1) is 11.0. The van der Waals surface area contributed by atoms with Gasteiger partial charge in [-0.2, -0.15) is 0 Å². The number of hydrogen-bond acceptors (Lipinski definition) is 2. The van der Waals surface area contributed by atoms with E-state index < -0.39 is 12.3 Å². The molecule has 2 aliphatic heterocycles. The van der Waals surface area contributed by atoms with Gasteiger partial charge in [-0.3, -0.25) is 9.59 Å². The summed E-state index contributed by atoms with van der Waals surface area (Å²) in [6.07, 6.45) is -1.24. The number of rotatable bonds is 2. The van der Waals surface area contributed by atoms with E-state index in [9.17, 15) is 18.4 Å². The molecule has 124 valence electrons. The summed E-state index contributed by atoms with van der Waals surface area (Å²) in [5.41, 5.74) is 1.55. The van der Waals surface area contributed by atoms with Crippen LogP contribution < -0.4 is 0 Å². The van der Waals surface area contributed by atoms with Crippen molar-refractivity contribution in [3.63, 3.8) is 0 Å². The van der Waals surface area contributed by atoms with Crippen LogP contribution >= 0.6 is 0 Å². The maximum Gasteiger partial charge on any atom is 0.254 e. The van der Waals surface area contributed by atoms with Crippen molar-refractivity contribution in [2.24, 2.45) is 0 Å². The number of likely N-dealkylation sites (tertiary alicyclic amines) is 2. The third-order valence-electron chi connectivity index (χ3n) is 4.55. The third-order valence-corrected chi connectivity index (χ3v) is 4.55. The van der Waals surface area contributed by atoms with Crippen molar-refractivity contribution < 1.29 is 18.4 Å². The van der Waals surface area contributed by atoms with Gasteiger partial charge in [-0.1, -0.05) is 6.07 Å². The van der Waals surface area contributed by atoms with Crippen molar-refractivity contribution in [2.75, 3.05) is 26.2 Å². The van der Waals surface area contributed by atoms with E-state index in [0.29, 0.717) is 37.1 Å². The minimum atomic E-state index is -0.977. The Kier molecular flexibility index (Phi) is 4.33. The Morgan fingerprint density at radius 3 is 2.09 bits per heavy atom. The summed E-state index contributed by atoms with van der Waals surface area (Å²) in [4.78, 5) is 27.9. The van der Waals surface area contributed by atoms with Crippen molar-refractivity contribution in [3.8, 4) is 0 Å². The number of halogens is 2. The highest BCUT2D eigenvalue weighted by Gasteiger charge is 2.29. The number of benzene rings is 1. The number of carbonyl (C=O) groups excluding carboxylic acids is 2. The summed E-state index contributed by atoms with van der Waals surface area (Å²) in [7, 11) is 0. The molecule has 4 nitrogen and oxygen atoms in total. The van der Waals surface area contributed by atoms with E-state index in [1.807, 2.05) is 0 Å². The fourth-order valence-corrected chi connectivity index (χ4v) is 3.14. The highest BCUT2D eigenvalue weighted by molar-refractivity contribution is 6.00. The minimum absolute atomic E-state index is 0.103. The Hall–Kier alpha value is -1.98. The lowest BCUT2D eigenvalue weighted by atomic mass is 10.0. The maximum absolute atomic E-state index is 13.3. The van der Waals surface area contributed by atoms with Crippen molar-refractivity contribution in [1.29, 1.82) is 0 Å². The van der Waals surface area contributed by atoms with Gasteiger partial charge in [0.05, 0.1) is 13.1 Å². The molecule has 2 fully saturated rings. The molecule has 0 aromatic heterocycles. The summed E-state index contributed by atoms with van der Waals surface area (Å²) in [6.45, 7) is 2.79. The van der Waals surface area contributed by atoms with E-state index in [-0.39, 0.29) is 24.9 Å². The second kappa shape index (κ2) is 6.26. The zero-order chi connectivity index (χ0) is 16.6. The molecule has 1 aromatic rings. The van der Waals surface area contributed by atoms with E-state index in [1.165, 1.54) is 9.80 Å². The summed E-state index contributed by atoms with van der Waals surface area (Å²) < 4.78 is 26.6. The van der Waals surface area contributed by atoms with Gasteiger partial charge in [0, 0.05) is 24.2 Å². The summed E-state index contributed by atoms with van der Waals surface area (Å²) in [5.74, 6) is -0.508. The normalized spacial score (nSPS) is 24.3. The average Bonchev–Trinajstić information content (AvgIpc) is 3.15. The van der Waals surface area contributed by atoms with E-state index in [4.69, 9.17) is 0 Å². The van der Waals surface area contributed by atoms with Crippen molar-refractivity contribution in [3.05, 3.63) is 34.9 Å². The minimum Gasteiger partial charge on any atom is -0.336 e. The predicted molar refractivity (Wildman–Crippen MR) is 82.0 cm³/mol. The monoisotopic (exact) mass is 322 g/mol. The summed E-state index contributed by atoms with van der Waals surface area (Å²) in [5, 5.41) is 0. The van der Waals surface area contributed by atoms with Gasteiger partial charge in [-0.25, -0.2) is 8.78 Å². The number of alkyl halides is 2. The lowest BCUT2D eigenvalue weighted by Crippen LogP contribution is -2.31. The maximum atomic E-state index is 13.3. The molecule has 0 saturated carbocycles. The highest BCUT2D eigenvalue weighted by Crippen LogP contribution is 2.21. The van der Waals surface area contributed by atoms with Crippen molar-refractivity contribution in [2.45, 2.75) is 32.1 Å². The van der Waals surface area contributed by atoms with Gasteiger partial charge in [-0.15, -0.1) is 0 Å². The molecule has 0 aliphatic carbocycles. The molecular formula is C17H20F2N2O2. The van der Waals surface area contributed by atoms with Gasteiger partial charge < -0.3 is 9.80 Å². The second-order valence-electron chi connectivity index (χ2n) is 6.30. The highest BCUT2D eigenvalue weighted by atomic mass is 19.1. The molecule has 0 bridgehead atoms. The smallest absolute Gasteiger partial charge is 0.254 e. The Balaban J connectivity index is 1.81. The molecule has 2 aliphatic rings. The fourth-order valence-electron chi connectivity index (χ4n) is 3.14. The van der Waals surface area contributed by atoms with Gasteiger partial charge in [0.15, 0.2) is 0 Å². The zero-order valence-corrected chi connectivity index (χ0v) is 13.1. The van der Waals surface area contributed by atoms with E-state index in [2.05, 4.69) is 0 Å². The van der Waals surface area contributed by atoms with Gasteiger partial charge in [0.2, 0.25) is 0 Å². The van der Waals surface area contributed by atoms with Crippen LogP contribution in [0.4, 0.5) is 8.78 Å². The van der Waals surface area contributed by atoms with Crippen LogP contribution in [-0.2, 0) is 0 Å². The van der Waals surface area contributed by atoms with Crippen LogP contribution in [0.25, 0.3) is 0 Å². The summed E-state index contributed by atoms with van der Waals surface area (Å²) >= 11 is 0. The van der Waals surface area contributed by atoms with Crippen LogP contribution in [0.15, 0.2) is 18.2 Å². The van der Waals surface area contributed by atoms with E-state index in [1.54, 1.807) is 25.1 Å². The van der Waals surface area contributed by atoms with Crippen LogP contribution in [0.1, 0.15) is 39.1 Å². The van der Waals surface area contributed by atoms with E-state index >= 15 is 0 Å². The van der Waals surface area contributed by atoms with Gasteiger partial charge in [0.25, 0.3) is 11.8 Å². The Morgan fingerprint density at radius 2 is 1.57 bits per heavy atom. The Bertz CT molecular complexity index is 635. The number of amides is 2. The molecule has 1 aromatic carbocycles. The van der Waals surface area contributed by atoms with Crippen molar-refractivity contribution >= 4 is 11.8 Å². The molecule has 0 N–H and O–H groups in total. The Morgan fingerprint density at radius 1 is 1.00 bits per heavy atom. The van der Waals surface area contributed by atoms with Gasteiger partial charge in [0.1, 0.15) is 12.3 Å². The Labute approximate surface area is 134 Å². The first kappa shape index (κ1) is 15.9. The van der Waals surface area contributed by atoms with E-state index in [0.717, 1.165) is 5.56 Å². The number of hydrogen-bond donors (Lipinski definition) is 0. The SMILES string of the molecule is Cc1ccc(C(=O)N2CC[C@H](F)C2)cc1C(=O)N1CC[C@H](F)C1. The molecule has 2 amide bonds. The molecular weight excluding hydrogens is 302 g/mol. The third kappa shape index (κ3) is 3.21. The van der Waals surface area contributed by atoms with Crippen LogP contribution in [0.2, 0.25) is 0 Å². The summed E-state index contributed by atoms with van der Waals surface area (Å²) in [6, 6.07) is 4.92. The molecule has 23 heavy (non-hydrogen) atoms. The van der Waals surface area contributed by atoms with Gasteiger partial charge >= 0.3 is 0 Å². The fraction of sp³-hybridized carbons (Fsp3) is 0.529. The van der Waals surface area contributed by atoms with Gasteiger partial charge in [-0.05, 0) is 37.5 Å². The van der Waals surface area contributed by atoms with Crippen molar-refractivity contribution in [1.82, 2.24) is 9.80 Å². The largest absolute Gasteiger partial charge is 0.336 e. The van der Waals surface area contributed by atoms with Crippen LogP contribution in [0.5, 0.6) is 0 Å². The quantitative estimate of drug-likeness (QED) is 0.839. The molecule has 0 unspecified atom stereocenters. The molecule has 6 heteroatoms. The first-order valence-electron chi connectivity index (χ1n) is 7.93. The first-order valence-corrected chi connectivity index (χ1v) is 7.93. The molecule has 2 saturated heterocycles.